The second-order valence-electron chi connectivity index (χ2n) is 4.01. The largest absolute Gasteiger partial charge is 0.394 e. The second kappa shape index (κ2) is 6.84. The molecular weight excluding hydrogens is 258 g/mol. The molecule has 3 unspecified atom stereocenters. The van der Waals surface area contributed by atoms with Crippen molar-refractivity contribution < 1.29 is 14.9 Å². The SMILES string of the molecule is CC(O)C(CO)OC(C)N(C)c1cc(Cl)ncn1. The molecule has 1 heterocycles. The highest BCUT2D eigenvalue weighted by atomic mass is 35.5. The lowest BCUT2D eigenvalue weighted by molar-refractivity contribution is -0.0857. The Bertz CT molecular complexity index is 378. The summed E-state index contributed by atoms with van der Waals surface area (Å²) >= 11 is 5.78. The standard InChI is InChI=1S/C11H18ClN3O3/c1-7(17)9(5-16)18-8(2)15(3)11-4-10(12)13-6-14-11/h4,6-9,16-17H,5H2,1-3H3. The van der Waals surface area contributed by atoms with Crippen molar-refractivity contribution in [2.45, 2.75) is 32.3 Å². The molecule has 102 valence electrons. The quantitative estimate of drug-likeness (QED) is 0.587. The number of aliphatic hydroxyl groups excluding tert-OH is 2. The molecule has 0 saturated carbocycles. The third-order valence-electron chi connectivity index (χ3n) is 2.62. The minimum absolute atomic E-state index is 0.250. The molecule has 0 aromatic carbocycles. The Hall–Kier alpha value is -0.950. The van der Waals surface area contributed by atoms with Crippen LogP contribution in [0.4, 0.5) is 5.82 Å². The third kappa shape index (κ3) is 4.06. The first-order chi connectivity index (χ1) is 8.45. The number of ether oxygens (including phenoxy) is 1. The van der Waals surface area contributed by atoms with E-state index in [1.807, 2.05) is 0 Å². The van der Waals surface area contributed by atoms with Crippen LogP contribution in [0.1, 0.15) is 13.8 Å². The van der Waals surface area contributed by atoms with Gasteiger partial charge < -0.3 is 19.8 Å². The van der Waals surface area contributed by atoms with E-state index >= 15 is 0 Å². The molecule has 0 aliphatic heterocycles. The Morgan fingerprint density at radius 2 is 2.11 bits per heavy atom. The zero-order chi connectivity index (χ0) is 13.7. The van der Waals surface area contributed by atoms with Gasteiger partial charge in [-0.25, -0.2) is 9.97 Å². The van der Waals surface area contributed by atoms with Gasteiger partial charge in [-0.15, -0.1) is 0 Å². The van der Waals surface area contributed by atoms with Crippen LogP contribution in [0.15, 0.2) is 12.4 Å². The van der Waals surface area contributed by atoms with Crippen LogP contribution in [0, 0.1) is 0 Å². The Labute approximate surface area is 111 Å². The van der Waals surface area contributed by atoms with E-state index in [9.17, 15) is 5.11 Å². The van der Waals surface area contributed by atoms with Crippen molar-refractivity contribution in [1.82, 2.24) is 9.97 Å². The molecule has 1 rings (SSSR count). The first-order valence-corrected chi connectivity index (χ1v) is 5.98. The lowest BCUT2D eigenvalue weighted by atomic mass is 10.2. The summed E-state index contributed by atoms with van der Waals surface area (Å²) in [6.45, 7) is 3.11. The lowest BCUT2D eigenvalue weighted by Gasteiger charge is -2.30. The maximum absolute atomic E-state index is 9.41. The highest BCUT2D eigenvalue weighted by Crippen LogP contribution is 2.16. The molecule has 6 nitrogen and oxygen atoms in total. The molecule has 0 amide bonds. The number of rotatable bonds is 6. The molecule has 0 spiro atoms. The van der Waals surface area contributed by atoms with Crippen LogP contribution < -0.4 is 4.90 Å². The summed E-state index contributed by atoms with van der Waals surface area (Å²) in [6.07, 6.45) is -0.402. The van der Waals surface area contributed by atoms with Gasteiger partial charge in [-0.2, -0.15) is 0 Å². The van der Waals surface area contributed by atoms with E-state index in [0.29, 0.717) is 11.0 Å². The van der Waals surface area contributed by atoms with Gasteiger partial charge in [0.25, 0.3) is 0 Å². The van der Waals surface area contributed by atoms with Gasteiger partial charge in [-0.3, -0.25) is 0 Å². The first kappa shape index (κ1) is 15.1. The molecule has 2 N–H and O–H groups in total. The first-order valence-electron chi connectivity index (χ1n) is 5.60. The molecule has 18 heavy (non-hydrogen) atoms. The van der Waals surface area contributed by atoms with Crippen molar-refractivity contribution in [3.05, 3.63) is 17.5 Å². The number of aliphatic hydroxyl groups is 2. The molecular formula is C11H18ClN3O3. The fraction of sp³-hybridized carbons (Fsp3) is 0.636. The summed E-state index contributed by atoms with van der Waals surface area (Å²) in [6, 6.07) is 1.61. The number of nitrogens with zero attached hydrogens (tertiary/aromatic N) is 3. The summed E-state index contributed by atoms with van der Waals surface area (Å²) in [7, 11) is 1.78. The Morgan fingerprint density at radius 3 is 2.61 bits per heavy atom. The van der Waals surface area contributed by atoms with Crippen molar-refractivity contribution in [3.8, 4) is 0 Å². The van der Waals surface area contributed by atoms with E-state index in [4.69, 9.17) is 21.4 Å². The molecule has 0 saturated heterocycles. The minimum Gasteiger partial charge on any atom is -0.394 e. The van der Waals surface area contributed by atoms with Crippen molar-refractivity contribution in [3.63, 3.8) is 0 Å². The summed E-state index contributed by atoms with van der Waals surface area (Å²) in [5, 5.41) is 18.8. The summed E-state index contributed by atoms with van der Waals surface area (Å²) in [5.41, 5.74) is 0. The van der Waals surface area contributed by atoms with Crippen LogP contribution in [-0.2, 0) is 4.74 Å². The topological polar surface area (TPSA) is 78.7 Å². The molecule has 0 aliphatic carbocycles. The Morgan fingerprint density at radius 1 is 1.44 bits per heavy atom. The van der Waals surface area contributed by atoms with Gasteiger partial charge >= 0.3 is 0 Å². The normalized spacial score (nSPS) is 16.1. The van der Waals surface area contributed by atoms with Crippen LogP contribution in [-0.4, -0.2) is 52.3 Å². The predicted octanol–water partition coefficient (Wildman–Crippen LogP) is 0.670. The van der Waals surface area contributed by atoms with Gasteiger partial charge in [0, 0.05) is 13.1 Å². The molecule has 1 aromatic heterocycles. The number of halogens is 1. The van der Waals surface area contributed by atoms with Crippen molar-refractivity contribution in [2.24, 2.45) is 0 Å². The van der Waals surface area contributed by atoms with E-state index in [1.54, 1.807) is 31.9 Å². The monoisotopic (exact) mass is 275 g/mol. The minimum atomic E-state index is -0.750. The molecule has 0 aliphatic rings. The Balaban J connectivity index is 2.69. The zero-order valence-corrected chi connectivity index (χ0v) is 11.4. The number of anilines is 1. The zero-order valence-electron chi connectivity index (χ0n) is 10.6. The van der Waals surface area contributed by atoms with Crippen molar-refractivity contribution in [2.75, 3.05) is 18.6 Å². The van der Waals surface area contributed by atoms with Crippen molar-refractivity contribution >= 4 is 17.4 Å². The van der Waals surface area contributed by atoms with Crippen LogP contribution in [0.2, 0.25) is 5.15 Å². The van der Waals surface area contributed by atoms with Gasteiger partial charge in [-0.1, -0.05) is 11.6 Å². The lowest BCUT2D eigenvalue weighted by Crippen LogP contribution is -2.40. The molecule has 1 aromatic rings. The molecule has 0 fully saturated rings. The average Bonchev–Trinajstić information content (AvgIpc) is 2.34. The fourth-order valence-corrected chi connectivity index (χ4v) is 1.50. The van der Waals surface area contributed by atoms with Crippen LogP contribution in [0.5, 0.6) is 0 Å². The van der Waals surface area contributed by atoms with Gasteiger partial charge in [0.1, 0.15) is 29.6 Å². The average molecular weight is 276 g/mol. The van der Waals surface area contributed by atoms with Crippen molar-refractivity contribution in [1.29, 1.82) is 0 Å². The third-order valence-corrected chi connectivity index (χ3v) is 2.82. The molecule has 3 atom stereocenters. The van der Waals surface area contributed by atoms with Gasteiger partial charge in [0.05, 0.1) is 12.7 Å². The van der Waals surface area contributed by atoms with Gasteiger partial charge in [0.15, 0.2) is 0 Å². The van der Waals surface area contributed by atoms with E-state index in [0.717, 1.165) is 0 Å². The molecule has 0 bridgehead atoms. The molecule has 0 radical (unpaired) electrons. The van der Waals surface area contributed by atoms with Gasteiger partial charge in [-0.05, 0) is 13.8 Å². The van der Waals surface area contributed by atoms with Crippen LogP contribution in [0.3, 0.4) is 0 Å². The maximum atomic E-state index is 9.41. The predicted molar refractivity (Wildman–Crippen MR) is 68.5 cm³/mol. The fourth-order valence-electron chi connectivity index (χ4n) is 1.36. The number of hydrogen-bond donors (Lipinski definition) is 2. The van der Waals surface area contributed by atoms with E-state index in [-0.39, 0.29) is 12.8 Å². The van der Waals surface area contributed by atoms with E-state index in [2.05, 4.69) is 9.97 Å². The summed E-state index contributed by atoms with van der Waals surface area (Å²) in [4.78, 5) is 9.59. The van der Waals surface area contributed by atoms with E-state index < -0.39 is 12.2 Å². The second-order valence-corrected chi connectivity index (χ2v) is 4.39. The summed E-state index contributed by atoms with van der Waals surface area (Å²) < 4.78 is 5.54. The highest BCUT2D eigenvalue weighted by Gasteiger charge is 2.21. The van der Waals surface area contributed by atoms with Crippen LogP contribution >= 0.6 is 11.6 Å². The molecule has 7 heteroatoms. The van der Waals surface area contributed by atoms with Gasteiger partial charge in [0.2, 0.25) is 0 Å². The Kier molecular flexibility index (Phi) is 5.74. The summed E-state index contributed by atoms with van der Waals surface area (Å²) in [5.74, 6) is 0.602. The van der Waals surface area contributed by atoms with E-state index in [1.165, 1.54) is 6.33 Å². The van der Waals surface area contributed by atoms with Crippen LogP contribution in [0.25, 0.3) is 0 Å². The smallest absolute Gasteiger partial charge is 0.135 e. The maximum Gasteiger partial charge on any atom is 0.135 e. The highest BCUT2D eigenvalue weighted by molar-refractivity contribution is 6.29. The number of hydrogen-bond acceptors (Lipinski definition) is 6. The number of aromatic nitrogens is 2.